The van der Waals surface area contributed by atoms with E-state index in [0.717, 1.165) is 13.0 Å². The van der Waals surface area contributed by atoms with Crippen molar-refractivity contribution in [2.24, 2.45) is 5.41 Å². The van der Waals surface area contributed by atoms with E-state index in [1.165, 1.54) is 32.1 Å². The van der Waals surface area contributed by atoms with Gasteiger partial charge in [0.2, 0.25) is 5.91 Å². The third-order valence-corrected chi connectivity index (χ3v) is 4.20. The van der Waals surface area contributed by atoms with Crippen molar-refractivity contribution < 1.29 is 9.53 Å². The maximum absolute atomic E-state index is 11.9. The van der Waals surface area contributed by atoms with E-state index in [2.05, 4.69) is 10.6 Å². The molecule has 98 valence electrons. The van der Waals surface area contributed by atoms with Crippen molar-refractivity contribution in [3.8, 4) is 0 Å². The zero-order valence-corrected chi connectivity index (χ0v) is 10.8. The molecule has 0 radical (unpaired) electrons. The minimum atomic E-state index is 0.0185. The van der Waals surface area contributed by atoms with Gasteiger partial charge in [0.25, 0.3) is 0 Å². The first-order valence-corrected chi connectivity index (χ1v) is 6.76. The van der Waals surface area contributed by atoms with Gasteiger partial charge < -0.3 is 15.4 Å². The van der Waals surface area contributed by atoms with E-state index in [1.54, 1.807) is 7.11 Å². The van der Waals surface area contributed by atoms with E-state index < -0.39 is 0 Å². The van der Waals surface area contributed by atoms with Crippen LogP contribution in [0.25, 0.3) is 0 Å². The number of nitrogens with one attached hydrogen (secondary N) is 2. The van der Waals surface area contributed by atoms with Gasteiger partial charge in [0.05, 0.1) is 12.6 Å². The molecule has 4 heteroatoms. The Labute approximate surface area is 103 Å². The first-order chi connectivity index (χ1) is 8.26. The number of rotatable bonds is 4. The van der Waals surface area contributed by atoms with E-state index in [9.17, 15) is 4.79 Å². The summed E-state index contributed by atoms with van der Waals surface area (Å²) in [5.41, 5.74) is 0.418. The third-order valence-electron chi connectivity index (χ3n) is 4.20. The standard InChI is InChI=1S/C13H24N2O2/c1-17-8-7-14-12(16)11-9-13(10-15-11)5-3-2-4-6-13/h11,15H,2-10H2,1H3,(H,14,16). The lowest BCUT2D eigenvalue weighted by molar-refractivity contribution is -0.123. The van der Waals surface area contributed by atoms with E-state index in [0.29, 0.717) is 18.6 Å². The summed E-state index contributed by atoms with van der Waals surface area (Å²) in [5, 5.41) is 6.31. The van der Waals surface area contributed by atoms with Crippen LogP contribution in [0.3, 0.4) is 0 Å². The van der Waals surface area contributed by atoms with Crippen LogP contribution >= 0.6 is 0 Å². The van der Waals surface area contributed by atoms with E-state index >= 15 is 0 Å². The Morgan fingerprint density at radius 3 is 2.88 bits per heavy atom. The van der Waals surface area contributed by atoms with Crippen molar-refractivity contribution in [3.63, 3.8) is 0 Å². The Morgan fingerprint density at radius 1 is 1.41 bits per heavy atom. The highest BCUT2D eigenvalue weighted by atomic mass is 16.5. The molecule has 1 atom stereocenters. The SMILES string of the molecule is COCCNC(=O)C1CC2(CCCCC2)CN1. The van der Waals surface area contributed by atoms with Crippen molar-refractivity contribution >= 4 is 5.91 Å². The molecule has 1 saturated carbocycles. The van der Waals surface area contributed by atoms with Gasteiger partial charge in [-0.2, -0.15) is 0 Å². The first kappa shape index (κ1) is 12.8. The summed E-state index contributed by atoms with van der Waals surface area (Å²) in [5.74, 6) is 0.143. The number of hydrogen-bond acceptors (Lipinski definition) is 3. The molecule has 2 N–H and O–H groups in total. The van der Waals surface area contributed by atoms with Crippen molar-refractivity contribution in [2.75, 3.05) is 26.8 Å². The lowest BCUT2D eigenvalue weighted by Crippen LogP contribution is -2.41. The minimum absolute atomic E-state index is 0.0185. The Morgan fingerprint density at radius 2 is 2.18 bits per heavy atom. The highest BCUT2D eigenvalue weighted by molar-refractivity contribution is 5.82. The maximum Gasteiger partial charge on any atom is 0.237 e. The minimum Gasteiger partial charge on any atom is -0.383 e. The van der Waals surface area contributed by atoms with Crippen LogP contribution in [0.2, 0.25) is 0 Å². The summed E-state index contributed by atoms with van der Waals surface area (Å²) in [6.45, 7) is 2.22. The lowest BCUT2D eigenvalue weighted by atomic mass is 9.72. The van der Waals surface area contributed by atoms with Gasteiger partial charge in [0.1, 0.15) is 0 Å². The van der Waals surface area contributed by atoms with Crippen LogP contribution in [0, 0.1) is 5.41 Å². The van der Waals surface area contributed by atoms with Crippen LogP contribution in [0.1, 0.15) is 38.5 Å². The summed E-state index contributed by atoms with van der Waals surface area (Å²) in [7, 11) is 1.65. The van der Waals surface area contributed by atoms with Crippen LogP contribution in [0.15, 0.2) is 0 Å². The Balaban J connectivity index is 1.78. The van der Waals surface area contributed by atoms with Gasteiger partial charge in [-0.15, -0.1) is 0 Å². The molecule has 2 rings (SSSR count). The van der Waals surface area contributed by atoms with Crippen molar-refractivity contribution in [3.05, 3.63) is 0 Å². The van der Waals surface area contributed by atoms with E-state index in [1.807, 2.05) is 0 Å². The van der Waals surface area contributed by atoms with Gasteiger partial charge in [0.15, 0.2) is 0 Å². The monoisotopic (exact) mass is 240 g/mol. The lowest BCUT2D eigenvalue weighted by Gasteiger charge is -2.32. The Hall–Kier alpha value is -0.610. The van der Waals surface area contributed by atoms with Gasteiger partial charge in [-0.05, 0) is 24.7 Å². The third kappa shape index (κ3) is 3.19. The van der Waals surface area contributed by atoms with Crippen LogP contribution in [-0.2, 0) is 9.53 Å². The van der Waals surface area contributed by atoms with E-state index in [4.69, 9.17) is 4.74 Å². The fraction of sp³-hybridized carbons (Fsp3) is 0.923. The zero-order chi connectivity index (χ0) is 12.1. The zero-order valence-electron chi connectivity index (χ0n) is 10.8. The normalized spacial score (nSPS) is 27.2. The number of amides is 1. The number of carbonyl (C=O) groups is 1. The fourth-order valence-corrected chi connectivity index (χ4v) is 3.18. The van der Waals surface area contributed by atoms with Crippen molar-refractivity contribution in [1.29, 1.82) is 0 Å². The quantitative estimate of drug-likeness (QED) is 0.723. The molecule has 1 amide bonds. The second kappa shape index (κ2) is 5.83. The Kier molecular flexibility index (Phi) is 4.40. The summed E-state index contributed by atoms with van der Waals surface area (Å²) >= 11 is 0. The van der Waals surface area contributed by atoms with Gasteiger partial charge in [0, 0.05) is 20.2 Å². The van der Waals surface area contributed by atoms with Crippen molar-refractivity contribution in [1.82, 2.24) is 10.6 Å². The summed E-state index contributed by atoms with van der Waals surface area (Å²) in [4.78, 5) is 11.9. The molecule has 0 aromatic carbocycles. The molecular weight excluding hydrogens is 216 g/mol. The van der Waals surface area contributed by atoms with Gasteiger partial charge in [-0.3, -0.25) is 4.79 Å². The second-order valence-corrected chi connectivity index (χ2v) is 5.48. The van der Waals surface area contributed by atoms with Crippen LogP contribution < -0.4 is 10.6 Å². The number of hydrogen-bond donors (Lipinski definition) is 2. The topological polar surface area (TPSA) is 50.4 Å². The highest BCUT2D eigenvalue weighted by Gasteiger charge is 2.41. The van der Waals surface area contributed by atoms with Gasteiger partial charge >= 0.3 is 0 Å². The molecule has 1 aliphatic carbocycles. The molecule has 2 aliphatic rings. The molecule has 1 unspecified atom stereocenters. The fourth-order valence-electron chi connectivity index (χ4n) is 3.18. The van der Waals surface area contributed by atoms with Crippen LogP contribution in [0.5, 0.6) is 0 Å². The van der Waals surface area contributed by atoms with E-state index in [-0.39, 0.29) is 11.9 Å². The van der Waals surface area contributed by atoms with Crippen LogP contribution in [0.4, 0.5) is 0 Å². The molecule has 0 aromatic heterocycles. The predicted molar refractivity (Wildman–Crippen MR) is 66.8 cm³/mol. The average Bonchev–Trinajstić information content (AvgIpc) is 2.74. The molecule has 1 spiro atoms. The highest BCUT2D eigenvalue weighted by Crippen LogP contribution is 2.42. The van der Waals surface area contributed by atoms with Crippen LogP contribution in [-0.4, -0.2) is 38.8 Å². The maximum atomic E-state index is 11.9. The Bertz CT molecular complexity index is 262. The smallest absolute Gasteiger partial charge is 0.237 e. The number of methoxy groups -OCH3 is 1. The van der Waals surface area contributed by atoms with Crippen molar-refractivity contribution in [2.45, 2.75) is 44.6 Å². The molecule has 1 heterocycles. The molecular formula is C13H24N2O2. The molecule has 0 aromatic rings. The molecule has 4 nitrogen and oxygen atoms in total. The summed E-state index contributed by atoms with van der Waals surface area (Å²) < 4.78 is 4.93. The average molecular weight is 240 g/mol. The second-order valence-electron chi connectivity index (χ2n) is 5.48. The molecule has 1 saturated heterocycles. The predicted octanol–water partition coefficient (Wildman–Crippen LogP) is 1.06. The largest absolute Gasteiger partial charge is 0.383 e. The van der Waals surface area contributed by atoms with Gasteiger partial charge in [-0.25, -0.2) is 0 Å². The number of ether oxygens (including phenoxy) is 1. The summed E-state index contributed by atoms with van der Waals surface area (Å²) in [6, 6.07) is 0.0185. The molecule has 17 heavy (non-hydrogen) atoms. The molecule has 1 aliphatic heterocycles. The molecule has 2 fully saturated rings. The summed E-state index contributed by atoms with van der Waals surface area (Å²) in [6.07, 6.45) is 7.64. The molecule has 0 bridgehead atoms. The number of carbonyl (C=O) groups excluding carboxylic acids is 1. The first-order valence-electron chi connectivity index (χ1n) is 6.76. The van der Waals surface area contributed by atoms with Gasteiger partial charge in [-0.1, -0.05) is 19.3 Å².